The van der Waals surface area contributed by atoms with Crippen molar-refractivity contribution in [1.29, 1.82) is 0 Å². The molecule has 86 valence electrons. The molecule has 2 aromatic rings. The molecule has 0 heterocycles. The molecule has 0 saturated carbocycles. The summed E-state index contributed by atoms with van der Waals surface area (Å²) < 4.78 is 0. The first-order valence-electron chi connectivity index (χ1n) is 6.20. The molecule has 0 amide bonds. The summed E-state index contributed by atoms with van der Waals surface area (Å²) in [6.07, 6.45) is 5.76. The summed E-state index contributed by atoms with van der Waals surface area (Å²) in [5.74, 6) is 0. The van der Waals surface area contributed by atoms with Gasteiger partial charge in [0.1, 0.15) is 0 Å². The van der Waals surface area contributed by atoms with Crippen molar-refractivity contribution >= 4 is 0 Å². The highest BCUT2D eigenvalue weighted by Crippen LogP contribution is 2.14. The van der Waals surface area contributed by atoms with E-state index in [0.717, 1.165) is 17.5 Å². The zero-order valence-electron chi connectivity index (χ0n) is 10.5. The van der Waals surface area contributed by atoms with E-state index in [2.05, 4.69) is 68.8 Å². The second-order valence-corrected chi connectivity index (χ2v) is 4.44. The quantitative estimate of drug-likeness (QED) is 0.718. The van der Waals surface area contributed by atoms with E-state index in [4.69, 9.17) is 0 Å². The molecular weight excluding hydrogens is 204 g/mol. The normalized spacial score (nSPS) is 10.5. The highest BCUT2D eigenvalue weighted by Gasteiger charge is 1.98. The average molecular weight is 222 g/mol. The van der Waals surface area contributed by atoms with Crippen molar-refractivity contribution < 1.29 is 0 Å². The fourth-order valence-corrected chi connectivity index (χ4v) is 1.85. The van der Waals surface area contributed by atoms with Crippen molar-refractivity contribution in [2.75, 3.05) is 0 Å². The first-order valence-corrected chi connectivity index (χ1v) is 6.20. The van der Waals surface area contributed by atoms with Crippen LogP contribution in [0.1, 0.15) is 35.6 Å². The van der Waals surface area contributed by atoms with Gasteiger partial charge < -0.3 is 0 Å². The van der Waals surface area contributed by atoms with Gasteiger partial charge in [0, 0.05) is 0 Å². The number of hydrogen-bond donors (Lipinski definition) is 0. The summed E-state index contributed by atoms with van der Waals surface area (Å²) in [6, 6.07) is 17.1. The zero-order chi connectivity index (χ0) is 12.1. The highest BCUT2D eigenvalue weighted by atomic mass is 14.0. The molecule has 2 rings (SSSR count). The van der Waals surface area contributed by atoms with Gasteiger partial charge in [-0.2, -0.15) is 0 Å². The highest BCUT2D eigenvalue weighted by molar-refractivity contribution is 5.38. The fourth-order valence-electron chi connectivity index (χ4n) is 1.85. The van der Waals surface area contributed by atoms with Crippen molar-refractivity contribution in [3.63, 3.8) is 0 Å². The first-order chi connectivity index (χ1) is 8.28. The Morgan fingerprint density at radius 1 is 0.824 bits per heavy atom. The van der Waals surface area contributed by atoms with E-state index in [1.54, 1.807) is 0 Å². The van der Waals surface area contributed by atoms with Crippen LogP contribution in [0.2, 0.25) is 0 Å². The fraction of sp³-hybridized carbons (Fsp3) is 0.235. The van der Waals surface area contributed by atoms with Crippen molar-refractivity contribution in [2.24, 2.45) is 0 Å². The van der Waals surface area contributed by atoms with Crippen LogP contribution < -0.4 is 0 Å². The van der Waals surface area contributed by atoms with Gasteiger partial charge in [0.25, 0.3) is 0 Å². The number of hydrogen-bond acceptors (Lipinski definition) is 0. The van der Waals surface area contributed by atoms with Gasteiger partial charge >= 0.3 is 0 Å². The summed E-state index contributed by atoms with van der Waals surface area (Å²) in [6.45, 7) is 4.31. The summed E-state index contributed by atoms with van der Waals surface area (Å²) in [5, 5.41) is 0. The predicted octanol–water partition coefficient (Wildman–Crippen LogP) is 4.43. The van der Waals surface area contributed by atoms with E-state index >= 15 is 0 Å². The van der Waals surface area contributed by atoms with E-state index in [0.29, 0.717) is 0 Å². The Hall–Kier alpha value is -1.56. The molecule has 2 radical (unpaired) electrons. The Labute approximate surface area is 104 Å². The first kappa shape index (κ1) is 11.9. The molecule has 2 aromatic carbocycles. The minimum atomic E-state index is 1.14. The molecule has 0 spiro atoms. The van der Waals surface area contributed by atoms with Crippen molar-refractivity contribution in [2.45, 2.75) is 26.7 Å². The monoisotopic (exact) mass is 222 g/mol. The van der Waals surface area contributed by atoms with E-state index in [-0.39, 0.29) is 0 Å². The van der Waals surface area contributed by atoms with E-state index in [1.165, 1.54) is 17.5 Å². The van der Waals surface area contributed by atoms with Gasteiger partial charge in [-0.25, -0.2) is 0 Å². The van der Waals surface area contributed by atoms with Gasteiger partial charge in [-0.15, -0.1) is 0 Å². The third-order valence-electron chi connectivity index (χ3n) is 2.83. The second-order valence-electron chi connectivity index (χ2n) is 4.44. The van der Waals surface area contributed by atoms with Crippen molar-refractivity contribution in [3.8, 4) is 0 Å². The van der Waals surface area contributed by atoms with Gasteiger partial charge in [-0.1, -0.05) is 67.4 Å². The lowest BCUT2D eigenvalue weighted by Gasteiger charge is -2.03. The number of aryl methyl sites for hydroxylation is 2. The van der Waals surface area contributed by atoms with Crippen molar-refractivity contribution in [1.82, 2.24) is 0 Å². The van der Waals surface area contributed by atoms with Crippen LogP contribution in [0, 0.1) is 13.3 Å². The molecule has 0 aliphatic rings. The minimum absolute atomic E-state index is 1.14. The Morgan fingerprint density at radius 3 is 1.88 bits per heavy atom. The molecule has 0 aromatic heterocycles. The van der Waals surface area contributed by atoms with Gasteiger partial charge in [-0.3, -0.25) is 0 Å². The van der Waals surface area contributed by atoms with Gasteiger partial charge in [0.05, 0.1) is 6.42 Å². The van der Waals surface area contributed by atoms with Crippen LogP contribution in [-0.2, 0) is 6.42 Å². The molecule has 0 atom stereocenters. The maximum Gasteiger partial charge on any atom is 0.0501 e. The predicted molar refractivity (Wildman–Crippen MR) is 73.1 cm³/mol. The molecule has 0 saturated heterocycles. The van der Waals surface area contributed by atoms with Crippen molar-refractivity contribution in [3.05, 3.63) is 77.2 Å². The molecule has 0 nitrogen and oxygen atoms in total. The summed E-state index contributed by atoms with van der Waals surface area (Å²) in [4.78, 5) is 0. The summed E-state index contributed by atoms with van der Waals surface area (Å²) in [5.41, 5.74) is 4.98. The third-order valence-corrected chi connectivity index (χ3v) is 2.83. The van der Waals surface area contributed by atoms with Gasteiger partial charge in [0.15, 0.2) is 0 Å². The SMILES string of the molecule is CCCc1ccc([C]c2ccc(C)cc2)cc1. The average Bonchev–Trinajstić information content (AvgIpc) is 2.35. The van der Waals surface area contributed by atoms with Crippen LogP contribution in [0.25, 0.3) is 0 Å². The zero-order valence-corrected chi connectivity index (χ0v) is 10.5. The van der Waals surface area contributed by atoms with Crippen LogP contribution in [0.4, 0.5) is 0 Å². The molecule has 0 aliphatic carbocycles. The summed E-state index contributed by atoms with van der Waals surface area (Å²) >= 11 is 0. The maximum absolute atomic E-state index is 3.40. The molecule has 0 fully saturated rings. The van der Waals surface area contributed by atoms with E-state index in [1.807, 2.05) is 0 Å². The lowest BCUT2D eigenvalue weighted by molar-refractivity contribution is 0.921. The minimum Gasteiger partial charge on any atom is -0.0651 e. The Balaban J connectivity index is 2.05. The Bertz CT molecular complexity index is 448. The maximum atomic E-state index is 3.40. The van der Waals surface area contributed by atoms with E-state index < -0.39 is 0 Å². The molecule has 0 heteroatoms. The second kappa shape index (κ2) is 5.67. The molecule has 0 unspecified atom stereocenters. The summed E-state index contributed by atoms with van der Waals surface area (Å²) in [7, 11) is 0. The lowest BCUT2D eigenvalue weighted by atomic mass is 10.0. The molecule has 0 N–H and O–H groups in total. The van der Waals surface area contributed by atoms with Crippen LogP contribution in [0.15, 0.2) is 48.5 Å². The van der Waals surface area contributed by atoms with E-state index in [9.17, 15) is 0 Å². The molecule has 17 heavy (non-hydrogen) atoms. The van der Waals surface area contributed by atoms with Crippen LogP contribution in [-0.4, -0.2) is 0 Å². The Morgan fingerprint density at radius 2 is 1.35 bits per heavy atom. The smallest absolute Gasteiger partial charge is 0.0501 e. The molecule has 0 aliphatic heterocycles. The van der Waals surface area contributed by atoms with Crippen LogP contribution in [0.3, 0.4) is 0 Å². The van der Waals surface area contributed by atoms with Crippen LogP contribution in [0.5, 0.6) is 0 Å². The lowest BCUT2D eigenvalue weighted by Crippen LogP contribution is -1.87. The van der Waals surface area contributed by atoms with Crippen LogP contribution >= 0.6 is 0 Å². The molecular formula is C17H18. The number of rotatable bonds is 4. The van der Waals surface area contributed by atoms with Gasteiger partial charge in [-0.05, 0) is 30.0 Å². The van der Waals surface area contributed by atoms with Gasteiger partial charge in [0.2, 0.25) is 0 Å². The third kappa shape index (κ3) is 3.45. The topological polar surface area (TPSA) is 0 Å². The largest absolute Gasteiger partial charge is 0.0651 e. The standard InChI is InChI=1S/C17H18/c1-3-4-15-9-11-17(12-10-15)13-16-7-5-14(2)6-8-16/h5-12H,3-4H2,1-2H3. The Kier molecular flexibility index (Phi) is 3.98. The molecule has 0 bridgehead atoms. The number of benzene rings is 2.